The second kappa shape index (κ2) is 7.49. The second-order valence-corrected chi connectivity index (χ2v) is 6.27. The molecule has 0 radical (unpaired) electrons. The van der Waals surface area contributed by atoms with E-state index in [1.807, 2.05) is 6.92 Å². The highest BCUT2D eigenvalue weighted by Crippen LogP contribution is 2.33. The highest BCUT2D eigenvalue weighted by molar-refractivity contribution is 5.95. The van der Waals surface area contributed by atoms with Crippen LogP contribution in [0.2, 0.25) is 0 Å². The van der Waals surface area contributed by atoms with Crippen LogP contribution in [0.15, 0.2) is 36.5 Å². The van der Waals surface area contributed by atoms with Gasteiger partial charge in [0.05, 0.1) is 18.3 Å². The largest absolute Gasteiger partial charge is 0.433 e. The monoisotopic (exact) mass is 366 g/mol. The van der Waals surface area contributed by atoms with E-state index in [0.717, 1.165) is 17.4 Å². The normalized spacial score (nSPS) is 16.1. The molecule has 1 aliphatic heterocycles. The first kappa shape index (κ1) is 18.4. The predicted octanol–water partition coefficient (Wildman–Crippen LogP) is 2.73. The molecule has 0 unspecified atom stereocenters. The molecule has 26 heavy (non-hydrogen) atoms. The van der Waals surface area contributed by atoms with Crippen LogP contribution in [0.4, 0.5) is 13.2 Å². The van der Waals surface area contributed by atoms with E-state index in [4.69, 9.17) is 0 Å². The molecule has 0 spiro atoms. The third-order valence-corrected chi connectivity index (χ3v) is 4.62. The van der Waals surface area contributed by atoms with Crippen LogP contribution >= 0.6 is 0 Å². The summed E-state index contributed by atoms with van der Waals surface area (Å²) in [6, 6.07) is 8.76. The summed E-state index contributed by atoms with van der Waals surface area (Å²) in [6.45, 7) is 5.04. The Morgan fingerprint density at radius 2 is 1.77 bits per heavy atom. The van der Waals surface area contributed by atoms with Crippen molar-refractivity contribution >= 4 is 5.91 Å². The lowest BCUT2D eigenvalue weighted by Crippen LogP contribution is -2.48. The van der Waals surface area contributed by atoms with Gasteiger partial charge in [0.15, 0.2) is 5.69 Å². The molecule has 2 heterocycles. The summed E-state index contributed by atoms with van der Waals surface area (Å²) in [5, 5.41) is 3.86. The lowest BCUT2D eigenvalue weighted by Gasteiger charge is -2.34. The summed E-state index contributed by atoms with van der Waals surface area (Å²) in [5.74, 6) is -0.604. The van der Waals surface area contributed by atoms with Crippen molar-refractivity contribution in [1.29, 1.82) is 0 Å². The standard InChI is InChI=1S/C18H21F3N4O/c1-2-23-8-10-24(11-9-23)17(26)15-12-22-25(16(15)18(19,20)21)13-14-6-4-3-5-7-14/h3-7,12H,2,8-11,13H2,1H3. The minimum Gasteiger partial charge on any atom is -0.336 e. The van der Waals surface area contributed by atoms with E-state index in [-0.39, 0.29) is 12.1 Å². The second-order valence-electron chi connectivity index (χ2n) is 6.27. The molecule has 140 valence electrons. The van der Waals surface area contributed by atoms with Crippen molar-refractivity contribution in [1.82, 2.24) is 19.6 Å². The van der Waals surface area contributed by atoms with Crippen LogP contribution in [0.5, 0.6) is 0 Å². The smallest absolute Gasteiger partial charge is 0.336 e. The molecule has 1 aliphatic rings. The maximum absolute atomic E-state index is 13.6. The number of rotatable bonds is 4. The summed E-state index contributed by atoms with van der Waals surface area (Å²) in [5.41, 5.74) is -0.667. The van der Waals surface area contributed by atoms with Crippen LogP contribution in [-0.2, 0) is 12.7 Å². The van der Waals surface area contributed by atoms with E-state index in [1.165, 1.54) is 4.90 Å². The Morgan fingerprint density at radius 3 is 2.35 bits per heavy atom. The lowest BCUT2D eigenvalue weighted by molar-refractivity contribution is -0.144. The van der Waals surface area contributed by atoms with Crippen LogP contribution in [0.25, 0.3) is 0 Å². The van der Waals surface area contributed by atoms with Crippen LogP contribution in [-0.4, -0.2) is 58.2 Å². The van der Waals surface area contributed by atoms with Crippen molar-refractivity contribution in [2.75, 3.05) is 32.7 Å². The third-order valence-electron chi connectivity index (χ3n) is 4.62. The average molecular weight is 366 g/mol. The van der Waals surface area contributed by atoms with Crippen molar-refractivity contribution in [3.05, 3.63) is 53.3 Å². The zero-order valence-electron chi connectivity index (χ0n) is 14.5. The maximum Gasteiger partial charge on any atom is 0.433 e. The van der Waals surface area contributed by atoms with Gasteiger partial charge >= 0.3 is 6.18 Å². The van der Waals surface area contributed by atoms with E-state index in [1.54, 1.807) is 30.3 Å². The number of amides is 1. The quantitative estimate of drug-likeness (QED) is 0.836. The van der Waals surface area contributed by atoms with Crippen molar-refractivity contribution in [2.45, 2.75) is 19.6 Å². The van der Waals surface area contributed by atoms with Gasteiger partial charge in [0.25, 0.3) is 5.91 Å². The first-order chi connectivity index (χ1) is 12.4. The van der Waals surface area contributed by atoms with Crippen molar-refractivity contribution < 1.29 is 18.0 Å². The van der Waals surface area contributed by atoms with Gasteiger partial charge in [-0.1, -0.05) is 37.3 Å². The Morgan fingerprint density at radius 1 is 1.12 bits per heavy atom. The van der Waals surface area contributed by atoms with Crippen LogP contribution < -0.4 is 0 Å². The molecule has 1 amide bonds. The van der Waals surface area contributed by atoms with Crippen molar-refractivity contribution in [3.8, 4) is 0 Å². The molecule has 3 rings (SSSR count). The molecule has 8 heteroatoms. The number of hydrogen-bond donors (Lipinski definition) is 0. The fraction of sp³-hybridized carbons (Fsp3) is 0.444. The van der Waals surface area contributed by atoms with E-state index in [9.17, 15) is 18.0 Å². The van der Waals surface area contributed by atoms with E-state index in [2.05, 4.69) is 10.00 Å². The molecular formula is C18H21F3N4O. The van der Waals surface area contributed by atoms with Gasteiger partial charge in [0, 0.05) is 26.2 Å². The molecular weight excluding hydrogens is 345 g/mol. The minimum atomic E-state index is -4.65. The zero-order chi connectivity index (χ0) is 18.7. The Kier molecular flexibility index (Phi) is 5.31. The summed E-state index contributed by atoms with van der Waals surface area (Å²) >= 11 is 0. The molecule has 5 nitrogen and oxygen atoms in total. The van der Waals surface area contributed by atoms with Crippen molar-refractivity contribution in [3.63, 3.8) is 0 Å². The number of nitrogens with zero attached hydrogens (tertiary/aromatic N) is 4. The average Bonchev–Trinajstić information content (AvgIpc) is 3.06. The number of halogens is 3. The highest BCUT2D eigenvalue weighted by Gasteiger charge is 2.41. The molecule has 1 aromatic heterocycles. The van der Waals surface area contributed by atoms with Crippen LogP contribution in [0.1, 0.15) is 28.5 Å². The molecule has 0 N–H and O–H groups in total. The van der Waals surface area contributed by atoms with E-state index < -0.39 is 17.8 Å². The summed E-state index contributed by atoms with van der Waals surface area (Å²) < 4.78 is 41.8. The number of benzene rings is 1. The number of carbonyl (C=O) groups excluding carboxylic acids is 1. The molecule has 0 bridgehead atoms. The number of likely N-dealkylation sites (N-methyl/N-ethyl adjacent to an activating group) is 1. The Hall–Kier alpha value is -2.35. The highest BCUT2D eigenvalue weighted by atomic mass is 19.4. The molecule has 0 saturated carbocycles. The fourth-order valence-corrected chi connectivity index (χ4v) is 3.15. The maximum atomic E-state index is 13.6. The van der Waals surface area contributed by atoms with E-state index in [0.29, 0.717) is 31.7 Å². The summed E-state index contributed by atoms with van der Waals surface area (Å²) in [7, 11) is 0. The molecule has 2 aromatic rings. The number of hydrogen-bond acceptors (Lipinski definition) is 3. The molecule has 1 saturated heterocycles. The Labute approximate surface area is 150 Å². The number of piperazine rings is 1. The van der Waals surface area contributed by atoms with Gasteiger partial charge in [-0.15, -0.1) is 0 Å². The van der Waals surface area contributed by atoms with Gasteiger partial charge in [-0.25, -0.2) is 0 Å². The number of carbonyl (C=O) groups is 1. The van der Waals surface area contributed by atoms with Gasteiger partial charge in [-0.05, 0) is 12.1 Å². The van der Waals surface area contributed by atoms with Crippen LogP contribution in [0, 0.1) is 0 Å². The first-order valence-corrected chi connectivity index (χ1v) is 8.58. The predicted molar refractivity (Wildman–Crippen MR) is 90.8 cm³/mol. The minimum absolute atomic E-state index is 0.0351. The first-order valence-electron chi connectivity index (χ1n) is 8.58. The van der Waals surface area contributed by atoms with Gasteiger partial charge in [0.1, 0.15) is 0 Å². The molecule has 0 atom stereocenters. The number of alkyl halides is 3. The molecule has 0 aliphatic carbocycles. The van der Waals surface area contributed by atoms with Gasteiger partial charge in [0.2, 0.25) is 0 Å². The Balaban J connectivity index is 1.86. The number of aromatic nitrogens is 2. The third kappa shape index (κ3) is 3.90. The van der Waals surface area contributed by atoms with E-state index >= 15 is 0 Å². The lowest BCUT2D eigenvalue weighted by atomic mass is 10.1. The van der Waals surface area contributed by atoms with Gasteiger partial charge < -0.3 is 9.80 Å². The van der Waals surface area contributed by atoms with Crippen molar-refractivity contribution in [2.24, 2.45) is 0 Å². The summed E-state index contributed by atoms with van der Waals surface area (Å²) in [6.07, 6.45) is -3.61. The topological polar surface area (TPSA) is 41.4 Å². The SMILES string of the molecule is CCN1CCN(C(=O)c2cnn(Cc3ccccc3)c2C(F)(F)F)CC1. The molecule has 1 aromatic carbocycles. The Bertz CT molecular complexity index is 750. The molecule has 1 fully saturated rings. The van der Waals surface area contributed by atoms with Gasteiger partial charge in [-0.2, -0.15) is 18.3 Å². The summed E-state index contributed by atoms with van der Waals surface area (Å²) in [4.78, 5) is 16.3. The van der Waals surface area contributed by atoms with Gasteiger partial charge in [-0.3, -0.25) is 9.48 Å². The zero-order valence-corrected chi connectivity index (χ0v) is 14.5. The fourth-order valence-electron chi connectivity index (χ4n) is 3.15. The van der Waals surface area contributed by atoms with Crippen LogP contribution in [0.3, 0.4) is 0 Å².